The summed E-state index contributed by atoms with van der Waals surface area (Å²) < 4.78 is 27.4. The number of hydrogen-bond donors (Lipinski definition) is 0. The molecule has 0 aromatic heterocycles. The Labute approximate surface area is 164 Å². The predicted octanol–water partition coefficient (Wildman–Crippen LogP) is 4.41. The molecule has 0 N–H and O–H groups in total. The van der Waals surface area contributed by atoms with Crippen molar-refractivity contribution in [3.05, 3.63) is 101 Å². The average Bonchev–Trinajstić information content (AvgIpc) is 2.70. The molecule has 3 aromatic carbocycles. The van der Waals surface area contributed by atoms with Crippen molar-refractivity contribution in [2.75, 3.05) is 6.54 Å². The second-order valence-corrected chi connectivity index (χ2v) is 8.38. The molecule has 0 fully saturated rings. The average molecular weight is 400 g/mol. The number of carbonyl (C=O) groups is 1. The van der Waals surface area contributed by atoms with E-state index in [-0.39, 0.29) is 23.8 Å². The first kappa shape index (κ1) is 19.3. The van der Waals surface area contributed by atoms with Crippen LogP contribution in [0.1, 0.15) is 15.9 Å². The van der Waals surface area contributed by atoms with Crippen LogP contribution in [-0.2, 0) is 16.6 Å². The van der Waals surface area contributed by atoms with E-state index in [4.69, 9.17) is 11.6 Å². The SMILES string of the molecule is O=C(CN(Cc1ccc(Cl)cc1)S(=O)(=O)c1ccccc1)c1ccccc1. The third-order valence-corrected chi connectivity index (χ3v) is 6.13. The van der Waals surface area contributed by atoms with Crippen molar-refractivity contribution in [3.63, 3.8) is 0 Å². The molecule has 0 saturated heterocycles. The molecule has 6 heteroatoms. The molecule has 3 rings (SSSR count). The Balaban J connectivity index is 1.93. The fraction of sp³-hybridized carbons (Fsp3) is 0.0952. The topological polar surface area (TPSA) is 54.5 Å². The van der Waals surface area contributed by atoms with E-state index in [2.05, 4.69) is 0 Å². The third-order valence-electron chi connectivity index (χ3n) is 4.07. The van der Waals surface area contributed by atoms with Crippen LogP contribution in [0.2, 0.25) is 5.02 Å². The van der Waals surface area contributed by atoms with E-state index in [0.29, 0.717) is 10.6 Å². The van der Waals surface area contributed by atoms with Gasteiger partial charge in [-0.05, 0) is 29.8 Å². The molecule has 0 aliphatic carbocycles. The second-order valence-electron chi connectivity index (χ2n) is 6.00. The molecule has 0 radical (unpaired) electrons. The molecular formula is C21H18ClNO3S. The zero-order valence-electron chi connectivity index (χ0n) is 14.5. The van der Waals surface area contributed by atoms with Crippen LogP contribution in [0.25, 0.3) is 0 Å². The number of sulfonamides is 1. The van der Waals surface area contributed by atoms with Gasteiger partial charge in [-0.15, -0.1) is 0 Å². The summed E-state index contributed by atoms with van der Waals surface area (Å²) in [6, 6.07) is 23.7. The van der Waals surface area contributed by atoms with Crippen LogP contribution < -0.4 is 0 Å². The van der Waals surface area contributed by atoms with E-state index in [9.17, 15) is 13.2 Å². The summed E-state index contributed by atoms with van der Waals surface area (Å²) in [5, 5.41) is 0.566. The molecule has 4 nitrogen and oxygen atoms in total. The maximum atomic E-state index is 13.1. The maximum absolute atomic E-state index is 13.1. The number of rotatable bonds is 7. The van der Waals surface area contributed by atoms with Crippen LogP contribution >= 0.6 is 11.6 Å². The van der Waals surface area contributed by atoms with Gasteiger partial charge in [0.2, 0.25) is 10.0 Å². The smallest absolute Gasteiger partial charge is 0.243 e. The van der Waals surface area contributed by atoms with E-state index >= 15 is 0 Å². The van der Waals surface area contributed by atoms with E-state index in [1.165, 1.54) is 16.4 Å². The van der Waals surface area contributed by atoms with Crippen molar-refractivity contribution in [1.82, 2.24) is 4.31 Å². The Morgan fingerprint density at radius 1 is 0.815 bits per heavy atom. The highest BCUT2D eigenvalue weighted by Crippen LogP contribution is 2.20. The summed E-state index contributed by atoms with van der Waals surface area (Å²) >= 11 is 5.91. The van der Waals surface area contributed by atoms with Gasteiger partial charge in [0, 0.05) is 17.1 Å². The highest BCUT2D eigenvalue weighted by Gasteiger charge is 2.27. The van der Waals surface area contributed by atoms with Crippen LogP contribution in [0.15, 0.2) is 89.8 Å². The van der Waals surface area contributed by atoms with Crippen LogP contribution in [0.5, 0.6) is 0 Å². The first-order valence-electron chi connectivity index (χ1n) is 8.35. The minimum Gasteiger partial charge on any atom is -0.293 e. The van der Waals surface area contributed by atoms with Crippen molar-refractivity contribution >= 4 is 27.4 Å². The molecule has 0 amide bonds. The Morgan fingerprint density at radius 3 is 1.96 bits per heavy atom. The molecule has 0 aliphatic heterocycles. The Bertz CT molecular complexity index is 1000. The first-order chi connectivity index (χ1) is 13.0. The van der Waals surface area contributed by atoms with Gasteiger partial charge in [0.1, 0.15) is 0 Å². The lowest BCUT2D eigenvalue weighted by atomic mass is 10.1. The monoisotopic (exact) mass is 399 g/mol. The lowest BCUT2D eigenvalue weighted by Gasteiger charge is -2.22. The summed E-state index contributed by atoms with van der Waals surface area (Å²) in [5.74, 6) is -0.260. The van der Waals surface area contributed by atoms with Crippen molar-refractivity contribution in [2.45, 2.75) is 11.4 Å². The quantitative estimate of drug-likeness (QED) is 0.553. The second kappa shape index (κ2) is 8.48. The predicted molar refractivity (Wildman–Crippen MR) is 106 cm³/mol. The van der Waals surface area contributed by atoms with Gasteiger partial charge in [0.15, 0.2) is 5.78 Å². The van der Waals surface area contributed by atoms with Gasteiger partial charge in [-0.3, -0.25) is 4.79 Å². The lowest BCUT2D eigenvalue weighted by Crippen LogP contribution is -2.35. The number of halogens is 1. The van der Waals surface area contributed by atoms with Crippen LogP contribution in [0.3, 0.4) is 0 Å². The molecular weight excluding hydrogens is 382 g/mol. The van der Waals surface area contributed by atoms with E-state index in [0.717, 1.165) is 5.56 Å². The van der Waals surface area contributed by atoms with Gasteiger partial charge in [0.25, 0.3) is 0 Å². The summed E-state index contributed by atoms with van der Waals surface area (Å²) in [4.78, 5) is 12.8. The van der Waals surface area contributed by atoms with Gasteiger partial charge in [-0.2, -0.15) is 4.31 Å². The fourth-order valence-electron chi connectivity index (χ4n) is 2.64. The number of carbonyl (C=O) groups excluding carboxylic acids is 1. The lowest BCUT2D eigenvalue weighted by molar-refractivity contribution is 0.0964. The van der Waals surface area contributed by atoms with Gasteiger partial charge in [-0.1, -0.05) is 72.3 Å². The van der Waals surface area contributed by atoms with E-state index < -0.39 is 10.0 Å². The number of benzene rings is 3. The van der Waals surface area contributed by atoms with E-state index in [1.54, 1.807) is 66.7 Å². The highest BCUT2D eigenvalue weighted by atomic mass is 35.5. The maximum Gasteiger partial charge on any atom is 0.243 e. The summed E-state index contributed by atoms with van der Waals surface area (Å²) in [6.07, 6.45) is 0. The Kier molecular flexibility index (Phi) is 6.06. The molecule has 3 aromatic rings. The molecule has 0 atom stereocenters. The third kappa shape index (κ3) is 4.83. The summed E-state index contributed by atoms with van der Waals surface area (Å²) in [5.41, 5.74) is 1.22. The van der Waals surface area contributed by atoms with Crippen LogP contribution in [-0.4, -0.2) is 25.1 Å². The Morgan fingerprint density at radius 2 is 1.37 bits per heavy atom. The number of Topliss-reactive ketones (excluding diaryl/α,β-unsaturated/α-hetero) is 1. The van der Waals surface area contributed by atoms with E-state index in [1.807, 2.05) is 6.07 Å². The molecule has 0 saturated carbocycles. The van der Waals surface area contributed by atoms with Crippen LogP contribution in [0.4, 0.5) is 0 Å². The van der Waals surface area contributed by atoms with Crippen molar-refractivity contribution < 1.29 is 13.2 Å². The molecule has 138 valence electrons. The van der Waals surface area contributed by atoms with Gasteiger partial charge < -0.3 is 0 Å². The molecule has 0 heterocycles. The van der Waals surface area contributed by atoms with Crippen molar-refractivity contribution in [2.24, 2.45) is 0 Å². The normalized spacial score (nSPS) is 11.5. The number of hydrogen-bond acceptors (Lipinski definition) is 3. The standard InChI is InChI=1S/C21H18ClNO3S/c22-19-13-11-17(12-14-19)15-23(16-21(24)18-7-3-1-4-8-18)27(25,26)20-9-5-2-6-10-20/h1-14H,15-16H2. The van der Waals surface area contributed by atoms with Crippen molar-refractivity contribution in [1.29, 1.82) is 0 Å². The molecule has 0 bridgehead atoms. The number of nitrogens with zero attached hydrogens (tertiary/aromatic N) is 1. The first-order valence-corrected chi connectivity index (χ1v) is 10.2. The minimum absolute atomic E-state index is 0.0764. The summed E-state index contributed by atoms with van der Waals surface area (Å²) in [7, 11) is -3.83. The van der Waals surface area contributed by atoms with Gasteiger partial charge in [-0.25, -0.2) is 8.42 Å². The molecule has 0 aliphatic rings. The fourth-order valence-corrected chi connectivity index (χ4v) is 4.17. The minimum atomic E-state index is -3.83. The molecule has 0 unspecified atom stereocenters. The molecule has 27 heavy (non-hydrogen) atoms. The summed E-state index contributed by atoms with van der Waals surface area (Å²) in [6.45, 7) is -0.170. The van der Waals surface area contributed by atoms with Gasteiger partial charge in [0.05, 0.1) is 11.4 Å². The highest BCUT2D eigenvalue weighted by molar-refractivity contribution is 7.89. The number of ketones is 1. The zero-order valence-corrected chi connectivity index (χ0v) is 16.0. The molecule has 0 spiro atoms. The van der Waals surface area contributed by atoms with Crippen molar-refractivity contribution in [3.8, 4) is 0 Å². The van der Waals surface area contributed by atoms with Gasteiger partial charge >= 0.3 is 0 Å². The van der Waals surface area contributed by atoms with Crippen LogP contribution in [0, 0.1) is 0 Å². The Hall–Kier alpha value is -2.47. The zero-order chi connectivity index (χ0) is 19.3. The largest absolute Gasteiger partial charge is 0.293 e.